The molecular weight excluding hydrogens is 119 g/mol. The molecule has 0 saturated carbocycles. The summed E-state index contributed by atoms with van der Waals surface area (Å²) in [6.45, 7) is 7.14. The molecule has 0 unspecified atom stereocenters. The van der Waals surface area contributed by atoms with Crippen LogP contribution in [0.25, 0.3) is 0 Å². The summed E-state index contributed by atoms with van der Waals surface area (Å²) in [5, 5.41) is 0. The molecule has 0 aliphatic carbocycles. The lowest BCUT2D eigenvalue weighted by atomic mass is 9.52. The molecule has 0 heterocycles. The Morgan fingerprint density at radius 1 is 1.00 bits per heavy atom. The summed E-state index contributed by atoms with van der Waals surface area (Å²) in [6.07, 6.45) is 6.71. The highest BCUT2D eigenvalue weighted by Gasteiger charge is 1.91. The van der Waals surface area contributed by atoms with E-state index in [1.54, 1.807) is 0 Å². The van der Waals surface area contributed by atoms with E-state index < -0.39 is 0 Å². The molecule has 10 heavy (non-hydrogen) atoms. The summed E-state index contributed by atoms with van der Waals surface area (Å²) in [7, 11) is 0. The molecule has 0 rings (SSSR count). The molecule has 0 radical (unpaired) electrons. The molecule has 0 nitrogen and oxygen atoms in total. The monoisotopic (exact) mass is 136 g/mol. The maximum atomic E-state index is 2.24. The molecule has 0 aliphatic rings. The van der Waals surface area contributed by atoms with Gasteiger partial charge in [0.15, 0.2) is 6.71 Å². The predicted molar refractivity (Wildman–Crippen MR) is 50.5 cm³/mol. The van der Waals surface area contributed by atoms with E-state index in [0.717, 1.165) is 12.8 Å². The quantitative estimate of drug-likeness (QED) is 0.521. The van der Waals surface area contributed by atoms with Crippen molar-refractivity contribution in [1.29, 1.82) is 0 Å². The smallest absolute Gasteiger partial charge is 0.115 e. The van der Waals surface area contributed by atoms with Gasteiger partial charge in [0.1, 0.15) is 0 Å². The molecular formula is C9H17B. The van der Waals surface area contributed by atoms with Crippen molar-refractivity contribution in [2.75, 3.05) is 0 Å². The van der Waals surface area contributed by atoms with E-state index >= 15 is 0 Å². The van der Waals surface area contributed by atoms with Crippen molar-refractivity contribution in [2.45, 2.75) is 33.5 Å². The van der Waals surface area contributed by atoms with Crippen LogP contribution in [-0.4, -0.2) is 6.71 Å². The Hall–Kier alpha value is -0.455. The van der Waals surface area contributed by atoms with Gasteiger partial charge < -0.3 is 0 Å². The zero-order valence-corrected chi connectivity index (χ0v) is 7.30. The average Bonchev–Trinajstić information content (AvgIpc) is 1.97. The first-order chi connectivity index (χ1) is 4.81. The largest absolute Gasteiger partial charge is 0.188 e. The fourth-order valence-electron chi connectivity index (χ4n) is 0.766. The molecule has 56 valence electrons. The normalized spacial score (nSPS) is 11.5. The third-order valence-electron chi connectivity index (χ3n) is 1.35. The first kappa shape index (κ1) is 9.54. The standard InChI is InChI=1S/C9H17B/c1-4-6-8-10(3)9-7-5-2/h6-9H,4-5H2,1-3H3/b8-6-,9-7+. The molecule has 0 fully saturated rings. The number of rotatable bonds is 4. The zero-order valence-electron chi connectivity index (χ0n) is 7.30. The summed E-state index contributed by atoms with van der Waals surface area (Å²) in [4.78, 5) is 0. The van der Waals surface area contributed by atoms with Crippen molar-refractivity contribution < 1.29 is 0 Å². The minimum Gasteiger partial charge on any atom is -0.115 e. The predicted octanol–water partition coefficient (Wildman–Crippen LogP) is 3.12. The fraction of sp³-hybridized carbons (Fsp3) is 0.556. The lowest BCUT2D eigenvalue weighted by Crippen LogP contribution is -1.96. The summed E-state index contributed by atoms with van der Waals surface area (Å²) < 4.78 is 0. The van der Waals surface area contributed by atoms with Crippen LogP contribution in [0.5, 0.6) is 0 Å². The molecule has 0 aromatic rings. The van der Waals surface area contributed by atoms with Gasteiger partial charge in [0, 0.05) is 0 Å². The Morgan fingerprint density at radius 3 is 1.70 bits per heavy atom. The highest BCUT2D eigenvalue weighted by atomic mass is 13.7. The summed E-state index contributed by atoms with van der Waals surface area (Å²) in [5.41, 5.74) is 0. The average molecular weight is 136 g/mol. The Balaban J connectivity index is 3.52. The van der Waals surface area contributed by atoms with E-state index in [1.807, 2.05) is 0 Å². The third-order valence-corrected chi connectivity index (χ3v) is 1.35. The molecule has 0 spiro atoms. The van der Waals surface area contributed by atoms with Gasteiger partial charge in [-0.3, -0.25) is 0 Å². The highest BCUT2D eigenvalue weighted by Crippen LogP contribution is 1.90. The second-order valence-electron chi connectivity index (χ2n) is 2.53. The van der Waals surface area contributed by atoms with Crippen LogP contribution in [0.15, 0.2) is 24.1 Å². The van der Waals surface area contributed by atoms with Crippen molar-refractivity contribution >= 4 is 6.71 Å². The molecule has 0 aromatic carbocycles. The zero-order chi connectivity index (χ0) is 7.82. The lowest BCUT2D eigenvalue weighted by molar-refractivity contribution is 1.22. The van der Waals surface area contributed by atoms with Crippen LogP contribution in [-0.2, 0) is 0 Å². The number of hydrogen-bond acceptors (Lipinski definition) is 0. The van der Waals surface area contributed by atoms with E-state index in [9.17, 15) is 0 Å². The fourth-order valence-corrected chi connectivity index (χ4v) is 0.766. The minimum absolute atomic E-state index is 0.611. The van der Waals surface area contributed by atoms with Crippen LogP contribution in [0.4, 0.5) is 0 Å². The summed E-state index contributed by atoms with van der Waals surface area (Å²) in [6, 6.07) is 0. The summed E-state index contributed by atoms with van der Waals surface area (Å²) >= 11 is 0. The van der Waals surface area contributed by atoms with Gasteiger partial charge in [-0.2, -0.15) is 0 Å². The van der Waals surface area contributed by atoms with Gasteiger partial charge in [-0.05, 0) is 12.8 Å². The molecule has 0 aliphatic heterocycles. The first-order valence-electron chi connectivity index (χ1n) is 4.14. The summed E-state index contributed by atoms with van der Waals surface area (Å²) in [5.74, 6) is 4.48. The van der Waals surface area contributed by atoms with E-state index in [1.165, 1.54) is 0 Å². The molecule has 0 atom stereocenters. The first-order valence-corrected chi connectivity index (χ1v) is 4.14. The molecule has 0 aromatic heterocycles. The van der Waals surface area contributed by atoms with Crippen LogP contribution in [0.2, 0.25) is 6.82 Å². The third kappa shape index (κ3) is 5.68. The van der Waals surface area contributed by atoms with Crippen LogP contribution < -0.4 is 0 Å². The van der Waals surface area contributed by atoms with Gasteiger partial charge in [-0.1, -0.05) is 32.8 Å². The van der Waals surface area contributed by atoms with E-state index in [2.05, 4.69) is 44.8 Å². The van der Waals surface area contributed by atoms with Crippen molar-refractivity contribution in [1.82, 2.24) is 0 Å². The van der Waals surface area contributed by atoms with Gasteiger partial charge in [-0.15, -0.1) is 12.0 Å². The number of allylic oxidation sites excluding steroid dienone is 2. The lowest BCUT2D eigenvalue weighted by Gasteiger charge is -1.90. The van der Waals surface area contributed by atoms with Gasteiger partial charge in [0.05, 0.1) is 0 Å². The van der Waals surface area contributed by atoms with E-state index in [-0.39, 0.29) is 0 Å². The van der Waals surface area contributed by atoms with Gasteiger partial charge in [-0.25, -0.2) is 0 Å². The van der Waals surface area contributed by atoms with Gasteiger partial charge >= 0.3 is 0 Å². The molecule has 1 heteroatoms. The Bertz CT molecular complexity index is 99.9. The molecule has 0 amide bonds. The van der Waals surface area contributed by atoms with Crippen LogP contribution in [0.1, 0.15) is 26.7 Å². The van der Waals surface area contributed by atoms with Gasteiger partial charge in [0.2, 0.25) is 0 Å². The minimum atomic E-state index is 0.611. The molecule has 0 saturated heterocycles. The van der Waals surface area contributed by atoms with Crippen molar-refractivity contribution in [2.24, 2.45) is 0 Å². The van der Waals surface area contributed by atoms with E-state index in [0.29, 0.717) is 6.71 Å². The topological polar surface area (TPSA) is 0 Å². The molecule has 0 N–H and O–H groups in total. The maximum Gasteiger partial charge on any atom is 0.188 e. The van der Waals surface area contributed by atoms with Crippen LogP contribution >= 0.6 is 0 Å². The molecule has 0 bridgehead atoms. The Labute approximate surface area is 65.1 Å². The second-order valence-corrected chi connectivity index (χ2v) is 2.53. The van der Waals surface area contributed by atoms with Crippen molar-refractivity contribution in [3.05, 3.63) is 24.1 Å². The Kier molecular flexibility index (Phi) is 6.36. The SMILES string of the molecule is CC/C=C\B(C)/C=C/CC. The highest BCUT2D eigenvalue weighted by molar-refractivity contribution is 6.68. The van der Waals surface area contributed by atoms with E-state index in [4.69, 9.17) is 0 Å². The maximum absolute atomic E-state index is 2.24. The van der Waals surface area contributed by atoms with Gasteiger partial charge in [0.25, 0.3) is 0 Å². The van der Waals surface area contributed by atoms with Crippen LogP contribution in [0, 0.1) is 0 Å². The second kappa shape index (κ2) is 6.66. The van der Waals surface area contributed by atoms with Crippen LogP contribution in [0.3, 0.4) is 0 Å². The van der Waals surface area contributed by atoms with Crippen molar-refractivity contribution in [3.8, 4) is 0 Å². The number of hydrogen-bond donors (Lipinski definition) is 0. The van der Waals surface area contributed by atoms with Crippen molar-refractivity contribution in [3.63, 3.8) is 0 Å². The Morgan fingerprint density at radius 2 is 1.40 bits per heavy atom.